The SMILES string of the molecule is N#CCN1C=CN(C[C@@]2(c3ccc(Cl)cc3Cl)OC[C@@H](COc3ccc(NC(N)=S)cc3)O2)C1. The topological polar surface area (TPSA) is 96.0 Å². The van der Waals surface area contributed by atoms with Crippen LogP contribution in [0.3, 0.4) is 0 Å². The molecular formula is C23H23Cl2N5O3S. The first-order valence-electron chi connectivity index (χ1n) is 10.5. The zero-order valence-corrected chi connectivity index (χ0v) is 20.4. The number of halogens is 2. The van der Waals surface area contributed by atoms with Crippen LogP contribution in [0.15, 0.2) is 54.9 Å². The van der Waals surface area contributed by atoms with Gasteiger partial charge in [-0.1, -0.05) is 29.3 Å². The monoisotopic (exact) mass is 519 g/mol. The molecule has 2 aliphatic heterocycles. The number of anilines is 1. The summed E-state index contributed by atoms with van der Waals surface area (Å²) in [6.07, 6.45) is 3.44. The van der Waals surface area contributed by atoms with Crippen molar-refractivity contribution in [2.24, 2.45) is 5.73 Å². The van der Waals surface area contributed by atoms with E-state index in [1.807, 2.05) is 52.5 Å². The van der Waals surface area contributed by atoms with Gasteiger partial charge in [0.25, 0.3) is 0 Å². The first-order chi connectivity index (χ1) is 16.4. The molecule has 8 nitrogen and oxygen atoms in total. The van der Waals surface area contributed by atoms with Gasteiger partial charge < -0.3 is 35.1 Å². The van der Waals surface area contributed by atoms with Gasteiger partial charge in [-0.3, -0.25) is 0 Å². The number of thiocarbonyl (C=S) groups is 1. The summed E-state index contributed by atoms with van der Waals surface area (Å²) in [6.45, 7) is 1.82. The maximum Gasteiger partial charge on any atom is 0.215 e. The van der Waals surface area contributed by atoms with E-state index in [-0.39, 0.29) is 17.8 Å². The highest BCUT2D eigenvalue weighted by Gasteiger charge is 2.46. The summed E-state index contributed by atoms with van der Waals surface area (Å²) < 4.78 is 18.6. The Morgan fingerprint density at radius 2 is 2.00 bits per heavy atom. The van der Waals surface area contributed by atoms with E-state index in [0.717, 1.165) is 5.69 Å². The van der Waals surface area contributed by atoms with Crippen LogP contribution >= 0.6 is 35.4 Å². The number of nitrogens with zero attached hydrogens (tertiary/aromatic N) is 3. The maximum absolute atomic E-state index is 8.98. The molecule has 0 amide bonds. The summed E-state index contributed by atoms with van der Waals surface area (Å²) in [5.74, 6) is -0.443. The van der Waals surface area contributed by atoms with E-state index >= 15 is 0 Å². The van der Waals surface area contributed by atoms with E-state index in [2.05, 4.69) is 11.4 Å². The second kappa shape index (κ2) is 10.7. The van der Waals surface area contributed by atoms with Crippen molar-refractivity contribution in [2.75, 3.05) is 38.3 Å². The highest BCUT2D eigenvalue weighted by atomic mass is 35.5. The van der Waals surface area contributed by atoms with Crippen LogP contribution in [-0.4, -0.2) is 54.0 Å². The minimum atomic E-state index is -1.12. The second-order valence-corrected chi connectivity index (χ2v) is 9.13. The van der Waals surface area contributed by atoms with Gasteiger partial charge in [-0.15, -0.1) is 0 Å². The van der Waals surface area contributed by atoms with Crippen LogP contribution in [-0.2, 0) is 15.3 Å². The lowest BCUT2D eigenvalue weighted by Gasteiger charge is -2.33. The zero-order chi connectivity index (χ0) is 24.1. The third kappa shape index (κ3) is 5.84. The van der Waals surface area contributed by atoms with Crippen molar-refractivity contribution in [3.05, 3.63) is 70.5 Å². The largest absolute Gasteiger partial charge is 0.491 e. The molecule has 0 radical (unpaired) electrons. The lowest BCUT2D eigenvalue weighted by Crippen LogP contribution is -2.42. The van der Waals surface area contributed by atoms with Crippen LogP contribution in [0.1, 0.15) is 5.56 Å². The maximum atomic E-state index is 8.98. The molecule has 34 heavy (non-hydrogen) atoms. The number of nitrogens with one attached hydrogen (secondary N) is 1. The molecule has 2 aromatic rings. The molecule has 4 rings (SSSR count). The summed E-state index contributed by atoms with van der Waals surface area (Å²) in [4.78, 5) is 3.90. The minimum absolute atomic E-state index is 0.200. The molecule has 0 aliphatic carbocycles. The Morgan fingerprint density at radius 3 is 2.71 bits per heavy atom. The van der Waals surface area contributed by atoms with Gasteiger partial charge in [-0.2, -0.15) is 5.26 Å². The van der Waals surface area contributed by atoms with Crippen molar-refractivity contribution < 1.29 is 14.2 Å². The average molecular weight is 520 g/mol. The zero-order valence-electron chi connectivity index (χ0n) is 18.1. The van der Waals surface area contributed by atoms with E-state index in [1.165, 1.54) is 0 Å². The van der Waals surface area contributed by atoms with Gasteiger partial charge >= 0.3 is 0 Å². The quantitative estimate of drug-likeness (QED) is 0.397. The van der Waals surface area contributed by atoms with Gasteiger partial charge in [0.05, 0.1) is 30.9 Å². The molecule has 2 heterocycles. The number of ether oxygens (including phenoxy) is 3. The van der Waals surface area contributed by atoms with Crippen molar-refractivity contribution in [1.82, 2.24) is 9.80 Å². The first kappa shape index (κ1) is 24.4. The Hall–Kier alpha value is -2.74. The van der Waals surface area contributed by atoms with Gasteiger partial charge in [-0.05, 0) is 48.6 Å². The highest BCUT2D eigenvalue weighted by molar-refractivity contribution is 7.80. The summed E-state index contributed by atoms with van der Waals surface area (Å²) in [5, 5.41) is 13.0. The molecule has 11 heteroatoms. The molecule has 0 aromatic heterocycles. The molecule has 3 N–H and O–H groups in total. The fraction of sp³-hybridized carbons (Fsp3) is 0.304. The number of hydrogen-bond acceptors (Lipinski definition) is 7. The van der Waals surface area contributed by atoms with Crippen molar-refractivity contribution in [3.8, 4) is 11.8 Å². The average Bonchev–Trinajstić information content (AvgIpc) is 3.40. The molecule has 2 atom stereocenters. The molecule has 0 unspecified atom stereocenters. The predicted molar refractivity (Wildman–Crippen MR) is 134 cm³/mol. The molecular weight excluding hydrogens is 497 g/mol. The number of hydrogen-bond donors (Lipinski definition) is 2. The number of benzene rings is 2. The molecule has 2 aromatic carbocycles. The number of rotatable bonds is 8. The number of nitrogens with two attached hydrogens (primary N) is 1. The van der Waals surface area contributed by atoms with E-state index in [4.69, 9.17) is 60.6 Å². The Balaban J connectivity index is 1.45. The van der Waals surface area contributed by atoms with Crippen molar-refractivity contribution >= 4 is 46.2 Å². The fourth-order valence-electron chi connectivity index (χ4n) is 3.80. The lowest BCUT2D eigenvalue weighted by atomic mass is 10.1. The van der Waals surface area contributed by atoms with Crippen LogP contribution < -0.4 is 15.8 Å². The highest BCUT2D eigenvalue weighted by Crippen LogP contribution is 2.40. The Labute approximate surface area is 213 Å². The van der Waals surface area contributed by atoms with Gasteiger partial charge in [0.15, 0.2) is 5.11 Å². The third-order valence-corrected chi connectivity index (χ3v) is 5.95. The Kier molecular flexibility index (Phi) is 7.66. The van der Waals surface area contributed by atoms with E-state index in [9.17, 15) is 0 Å². The minimum Gasteiger partial charge on any atom is -0.491 e. The first-order valence-corrected chi connectivity index (χ1v) is 11.6. The van der Waals surface area contributed by atoms with Crippen LogP contribution in [0, 0.1) is 11.3 Å². The van der Waals surface area contributed by atoms with Crippen molar-refractivity contribution in [2.45, 2.75) is 11.9 Å². The molecule has 1 fully saturated rings. The molecule has 0 saturated carbocycles. The van der Waals surface area contributed by atoms with Gasteiger partial charge in [0.2, 0.25) is 5.79 Å². The summed E-state index contributed by atoms with van der Waals surface area (Å²) in [5.41, 5.74) is 6.95. The molecule has 2 aliphatic rings. The number of nitriles is 1. The standard InChI is InChI=1S/C23H23Cl2N5O3S/c24-16-1-6-20(21(25)11-16)23(14-30-10-9-29(15-30)8-7-26)32-13-19(33-23)12-31-18-4-2-17(3-5-18)28-22(27)34/h1-6,9-11,19H,8,12-15H2,(H3,27,28,34)/t19-,23-/m1/s1. The van der Waals surface area contributed by atoms with Crippen LogP contribution in [0.5, 0.6) is 5.75 Å². The van der Waals surface area contributed by atoms with E-state index < -0.39 is 5.79 Å². The Bertz CT molecular complexity index is 1110. The third-order valence-electron chi connectivity index (χ3n) is 5.30. The molecule has 0 bridgehead atoms. The van der Waals surface area contributed by atoms with Gasteiger partial charge in [-0.25, -0.2) is 0 Å². The van der Waals surface area contributed by atoms with Crippen LogP contribution in [0.2, 0.25) is 10.0 Å². The van der Waals surface area contributed by atoms with Crippen LogP contribution in [0.25, 0.3) is 0 Å². The summed E-state index contributed by atoms with van der Waals surface area (Å²) in [7, 11) is 0. The normalized spacial score (nSPS) is 21.5. The summed E-state index contributed by atoms with van der Waals surface area (Å²) in [6, 6.07) is 14.7. The summed E-state index contributed by atoms with van der Waals surface area (Å²) >= 11 is 17.5. The van der Waals surface area contributed by atoms with E-state index in [1.54, 1.807) is 12.1 Å². The lowest BCUT2D eigenvalue weighted by molar-refractivity contribution is -0.188. The van der Waals surface area contributed by atoms with Crippen molar-refractivity contribution in [3.63, 3.8) is 0 Å². The smallest absolute Gasteiger partial charge is 0.215 e. The molecule has 1 saturated heterocycles. The fourth-order valence-corrected chi connectivity index (χ4v) is 4.47. The van der Waals surface area contributed by atoms with Crippen LogP contribution in [0.4, 0.5) is 5.69 Å². The van der Waals surface area contributed by atoms with E-state index in [0.29, 0.717) is 47.7 Å². The Morgan fingerprint density at radius 1 is 1.24 bits per heavy atom. The second-order valence-electron chi connectivity index (χ2n) is 7.84. The predicted octanol–water partition coefficient (Wildman–Crippen LogP) is 3.87. The van der Waals surface area contributed by atoms with Gasteiger partial charge in [0.1, 0.15) is 25.0 Å². The molecule has 178 valence electrons. The molecule has 0 spiro atoms. The van der Waals surface area contributed by atoms with Crippen molar-refractivity contribution in [1.29, 1.82) is 5.26 Å². The van der Waals surface area contributed by atoms with Gasteiger partial charge in [0, 0.05) is 28.7 Å².